The summed E-state index contributed by atoms with van der Waals surface area (Å²) in [7, 11) is 0. The zero-order chi connectivity index (χ0) is 14.7. The van der Waals surface area contributed by atoms with E-state index in [4.69, 9.17) is 4.74 Å². The molecule has 0 saturated carbocycles. The van der Waals surface area contributed by atoms with Gasteiger partial charge in [0.05, 0.1) is 0 Å². The molecule has 0 radical (unpaired) electrons. The quantitative estimate of drug-likeness (QED) is 0.777. The molecular weight excluding hydrogens is 272 g/mol. The molecule has 21 heavy (non-hydrogen) atoms. The summed E-state index contributed by atoms with van der Waals surface area (Å²) in [4.78, 5) is 24.8. The third-order valence-electron chi connectivity index (χ3n) is 2.66. The van der Waals surface area contributed by atoms with Crippen LogP contribution in [0.15, 0.2) is 64.3 Å². The Bertz CT molecular complexity index is 854. The van der Waals surface area contributed by atoms with Crippen LogP contribution in [0.3, 0.4) is 0 Å². The van der Waals surface area contributed by atoms with E-state index in [1.165, 1.54) is 16.8 Å². The predicted octanol–water partition coefficient (Wildman–Crippen LogP) is 1.11. The first-order chi connectivity index (χ1) is 10.2. The van der Waals surface area contributed by atoms with Crippen molar-refractivity contribution < 1.29 is 4.74 Å². The van der Waals surface area contributed by atoms with Gasteiger partial charge in [0, 0.05) is 18.3 Å². The van der Waals surface area contributed by atoms with Crippen LogP contribution in [0.1, 0.15) is 0 Å². The topological polar surface area (TPSA) is 89.9 Å². The van der Waals surface area contributed by atoms with Gasteiger partial charge in [-0.25, -0.2) is 4.79 Å². The zero-order valence-corrected chi connectivity index (χ0v) is 10.8. The fourth-order valence-corrected chi connectivity index (χ4v) is 1.70. The van der Waals surface area contributed by atoms with E-state index in [9.17, 15) is 9.59 Å². The van der Waals surface area contributed by atoms with Crippen molar-refractivity contribution in [2.24, 2.45) is 0 Å². The lowest BCUT2D eigenvalue weighted by Crippen LogP contribution is -2.28. The molecule has 0 aliphatic carbocycles. The monoisotopic (exact) mass is 282 g/mol. The van der Waals surface area contributed by atoms with Crippen LogP contribution in [0, 0.1) is 0 Å². The Labute approximate surface area is 118 Å². The SMILES string of the molecule is O=c1ccn(-c2ccc(Oc3ccccc3)nn2)c(=O)[nH]1. The van der Waals surface area contributed by atoms with E-state index in [-0.39, 0.29) is 5.82 Å². The van der Waals surface area contributed by atoms with Crippen molar-refractivity contribution in [1.29, 1.82) is 0 Å². The van der Waals surface area contributed by atoms with Crippen molar-refractivity contribution in [3.8, 4) is 17.4 Å². The van der Waals surface area contributed by atoms with E-state index in [0.717, 1.165) is 0 Å². The van der Waals surface area contributed by atoms with E-state index in [1.807, 2.05) is 18.2 Å². The van der Waals surface area contributed by atoms with Gasteiger partial charge in [0.25, 0.3) is 5.56 Å². The molecular formula is C14H10N4O3. The van der Waals surface area contributed by atoms with Crippen molar-refractivity contribution in [3.63, 3.8) is 0 Å². The van der Waals surface area contributed by atoms with E-state index < -0.39 is 11.2 Å². The molecule has 1 N–H and O–H groups in total. The molecule has 1 aromatic carbocycles. The number of hydrogen-bond donors (Lipinski definition) is 1. The highest BCUT2D eigenvalue weighted by atomic mass is 16.5. The van der Waals surface area contributed by atoms with E-state index in [1.54, 1.807) is 24.3 Å². The minimum absolute atomic E-state index is 0.289. The first-order valence-electron chi connectivity index (χ1n) is 6.11. The number of H-pyrrole nitrogens is 1. The number of para-hydroxylation sites is 1. The molecule has 7 nitrogen and oxygen atoms in total. The lowest BCUT2D eigenvalue weighted by atomic mass is 10.3. The lowest BCUT2D eigenvalue weighted by Gasteiger charge is -2.05. The van der Waals surface area contributed by atoms with Gasteiger partial charge in [-0.15, -0.1) is 10.2 Å². The molecule has 0 saturated heterocycles. The fraction of sp³-hybridized carbons (Fsp3) is 0. The number of nitrogens with one attached hydrogen (secondary N) is 1. The molecule has 7 heteroatoms. The van der Waals surface area contributed by atoms with E-state index in [2.05, 4.69) is 15.2 Å². The Morgan fingerprint density at radius 3 is 2.43 bits per heavy atom. The lowest BCUT2D eigenvalue weighted by molar-refractivity contribution is 0.454. The van der Waals surface area contributed by atoms with Crippen LogP contribution in [-0.4, -0.2) is 19.7 Å². The van der Waals surface area contributed by atoms with Crippen LogP contribution in [0.2, 0.25) is 0 Å². The summed E-state index contributed by atoms with van der Waals surface area (Å²) in [6.45, 7) is 0. The Balaban J connectivity index is 1.87. The molecule has 0 fully saturated rings. The number of aromatic nitrogens is 4. The van der Waals surface area contributed by atoms with Crippen LogP contribution in [0.5, 0.6) is 11.6 Å². The largest absolute Gasteiger partial charge is 0.438 e. The molecule has 104 valence electrons. The van der Waals surface area contributed by atoms with Gasteiger partial charge >= 0.3 is 5.69 Å². The minimum Gasteiger partial charge on any atom is -0.438 e. The van der Waals surface area contributed by atoms with E-state index in [0.29, 0.717) is 11.6 Å². The number of rotatable bonds is 3. The molecule has 0 unspecified atom stereocenters. The highest BCUT2D eigenvalue weighted by Crippen LogP contribution is 2.17. The molecule has 0 spiro atoms. The number of benzene rings is 1. The summed E-state index contributed by atoms with van der Waals surface area (Å²) in [5.74, 6) is 1.24. The second-order valence-corrected chi connectivity index (χ2v) is 4.13. The summed E-state index contributed by atoms with van der Waals surface area (Å²) in [6, 6.07) is 13.6. The maximum absolute atomic E-state index is 11.6. The van der Waals surface area contributed by atoms with Crippen molar-refractivity contribution in [2.45, 2.75) is 0 Å². The highest BCUT2D eigenvalue weighted by molar-refractivity contribution is 5.28. The maximum atomic E-state index is 11.6. The number of nitrogens with zero attached hydrogens (tertiary/aromatic N) is 3. The molecule has 0 amide bonds. The zero-order valence-electron chi connectivity index (χ0n) is 10.8. The molecule has 0 aliphatic rings. The molecule has 2 aromatic heterocycles. The van der Waals surface area contributed by atoms with Crippen molar-refractivity contribution in [2.75, 3.05) is 0 Å². The van der Waals surface area contributed by atoms with Gasteiger partial charge in [0.2, 0.25) is 5.88 Å². The van der Waals surface area contributed by atoms with E-state index >= 15 is 0 Å². The Morgan fingerprint density at radius 1 is 0.952 bits per heavy atom. The van der Waals surface area contributed by atoms with Gasteiger partial charge in [-0.05, 0) is 18.2 Å². The highest BCUT2D eigenvalue weighted by Gasteiger charge is 2.04. The Kier molecular flexibility index (Phi) is 3.30. The smallest absolute Gasteiger partial charge is 0.334 e. The van der Waals surface area contributed by atoms with Crippen LogP contribution < -0.4 is 16.0 Å². The molecule has 0 atom stereocenters. The van der Waals surface area contributed by atoms with Crippen LogP contribution in [-0.2, 0) is 0 Å². The van der Waals surface area contributed by atoms with Crippen molar-refractivity contribution >= 4 is 0 Å². The standard InChI is InChI=1S/C14H10N4O3/c19-12-8-9-18(14(20)15-12)11-6-7-13(17-16-11)21-10-4-2-1-3-5-10/h1-9H,(H,15,19,20). The normalized spacial score (nSPS) is 10.3. The average Bonchev–Trinajstić information content (AvgIpc) is 2.49. The van der Waals surface area contributed by atoms with Gasteiger partial charge in [-0.1, -0.05) is 18.2 Å². The first kappa shape index (κ1) is 12.8. The van der Waals surface area contributed by atoms with Crippen LogP contribution in [0.25, 0.3) is 5.82 Å². The molecule has 2 heterocycles. The third kappa shape index (κ3) is 2.86. The third-order valence-corrected chi connectivity index (χ3v) is 2.66. The number of ether oxygens (including phenoxy) is 1. The summed E-state index contributed by atoms with van der Waals surface area (Å²) in [5.41, 5.74) is -1.04. The summed E-state index contributed by atoms with van der Waals surface area (Å²) in [6.07, 6.45) is 1.34. The van der Waals surface area contributed by atoms with Gasteiger partial charge < -0.3 is 4.74 Å². The minimum atomic E-state index is -0.575. The predicted molar refractivity (Wildman–Crippen MR) is 74.8 cm³/mol. The van der Waals surface area contributed by atoms with Crippen LogP contribution >= 0.6 is 0 Å². The van der Waals surface area contributed by atoms with Gasteiger partial charge in [0.1, 0.15) is 5.75 Å². The summed E-state index contributed by atoms with van der Waals surface area (Å²) < 4.78 is 6.68. The summed E-state index contributed by atoms with van der Waals surface area (Å²) >= 11 is 0. The molecule has 0 aliphatic heterocycles. The van der Waals surface area contributed by atoms with Crippen molar-refractivity contribution in [3.05, 3.63) is 75.6 Å². The first-order valence-corrected chi connectivity index (χ1v) is 6.11. The molecule has 3 rings (SSSR count). The Hall–Kier alpha value is -3.22. The second kappa shape index (κ2) is 5.41. The summed E-state index contributed by atoms with van der Waals surface area (Å²) in [5, 5.41) is 7.79. The molecule has 0 bridgehead atoms. The average molecular weight is 282 g/mol. The molecule has 3 aromatic rings. The second-order valence-electron chi connectivity index (χ2n) is 4.13. The number of aromatic amines is 1. The van der Waals surface area contributed by atoms with Crippen LogP contribution in [0.4, 0.5) is 0 Å². The number of hydrogen-bond acceptors (Lipinski definition) is 5. The van der Waals surface area contributed by atoms with Crippen molar-refractivity contribution in [1.82, 2.24) is 19.7 Å². The maximum Gasteiger partial charge on any atom is 0.334 e. The Morgan fingerprint density at radius 2 is 1.76 bits per heavy atom. The van der Waals surface area contributed by atoms with Gasteiger partial charge in [0.15, 0.2) is 5.82 Å². The van der Waals surface area contributed by atoms with Gasteiger partial charge in [-0.2, -0.15) is 0 Å². The fourth-order valence-electron chi connectivity index (χ4n) is 1.70. The van der Waals surface area contributed by atoms with Gasteiger partial charge in [-0.3, -0.25) is 14.3 Å².